The molecule has 0 fully saturated rings. The number of carbonyl (C=O) groups excluding carboxylic acids is 3. The molecule has 1 aromatic rings. The average Bonchev–Trinajstić information content (AvgIpc) is 2.89. The third-order valence-corrected chi connectivity index (χ3v) is 6.16. The number of rotatable bonds is 17. The molecule has 0 bridgehead atoms. The average molecular weight is 581 g/mol. The molecule has 0 aliphatic heterocycles. The number of nitrogens with one attached hydrogen (secondary N) is 1. The van der Waals surface area contributed by atoms with Crippen LogP contribution in [0.25, 0.3) is 0 Å². The molecule has 227 valence electrons. The Bertz CT molecular complexity index is 1120. The van der Waals surface area contributed by atoms with Gasteiger partial charge in [0.2, 0.25) is 6.79 Å². The molecule has 14 nitrogen and oxygen atoms in total. The number of aliphatic hydroxyl groups is 1. The number of phenolic OH excluding ortho intramolecular Hbond substituents is 1. The van der Waals surface area contributed by atoms with E-state index in [1.807, 2.05) is 13.8 Å². The first-order chi connectivity index (χ1) is 19.2. The Kier molecular flexibility index (Phi) is 13.8. The number of benzene rings is 1. The number of carbonyl (C=O) groups is 5. The lowest BCUT2D eigenvalue weighted by Gasteiger charge is -2.36. The number of esters is 2. The number of carboxylic acids is 2. The first-order valence-electron chi connectivity index (χ1n) is 12.9. The smallest absolute Gasteiger partial charge is 0.344 e. The third kappa shape index (κ3) is 10.7. The summed E-state index contributed by atoms with van der Waals surface area (Å²) in [5.74, 6) is -8.28. The minimum absolute atomic E-state index is 0.0795. The van der Waals surface area contributed by atoms with E-state index >= 15 is 0 Å². The number of ether oxygens (including phenoxy) is 2. The van der Waals surface area contributed by atoms with Gasteiger partial charge < -0.3 is 39.2 Å². The van der Waals surface area contributed by atoms with Gasteiger partial charge in [0.25, 0.3) is 13.1 Å². The van der Waals surface area contributed by atoms with Crippen molar-refractivity contribution in [2.75, 3.05) is 6.79 Å². The summed E-state index contributed by atoms with van der Waals surface area (Å²) in [6, 6.07) is 4.20. The highest BCUT2D eigenvalue weighted by atomic mass is 16.7. The molecule has 1 unspecified atom stereocenters. The molecule has 0 aromatic heterocycles. The van der Waals surface area contributed by atoms with Gasteiger partial charge in [-0.2, -0.15) is 0 Å². The summed E-state index contributed by atoms with van der Waals surface area (Å²) in [6.07, 6.45) is -1.33. The number of aliphatic carboxylic acids is 2. The fourth-order valence-corrected chi connectivity index (χ4v) is 3.68. The highest BCUT2D eigenvalue weighted by molar-refractivity contribution is 6.50. The lowest BCUT2D eigenvalue weighted by molar-refractivity contribution is -0.170. The van der Waals surface area contributed by atoms with E-state index in [9.17, 15) is 39.3 Å². The van der Waals surface area contributed by atoms with Crippen LogP contribution in [0, 0.1) is 11.3 Å². The Balaban J connectivity index is 3.03. The maximum Gasteiger partial charge on any atom is 0.344 e. The van der Waals surface area contributed by atoms with Crippen molar-refractivity contribution in [1.82, 2.24) is 0 Å². The maximum absolute atomic E-state index is 12.5. The summed E-state index contributed by atoms with van der Waals surface area (Å²) in [4.78, 5) is 59.3. The number of aromatic hydroxyl groups is 1. The zero-order valence-electron chi connectivity index (χ0n) is 23.4. The SMILES string of the molecule is CCC(=N)O[B-](OC(=O)CC(O)(CC(=O)O)C(=O)O)[C@@H](C)Cc1cccc(C(=O)OCOC(=O)C(CC)CC)c1O. The zero-order chi connectivity index (χ0) is 31.3. The van der Waals surface area contributed by atoms with Crippen molar-refractivity contribution in [2.45, 2.75) is 77.6 Å². The van der Waals surface area contributed by atoms with Gasteiger partial charge in [0.05, 0.1) is 18.8 Å². The molecular formula is C26H36BNO13-. The molecule has 41 heavy (non-hydrogen) atoms. The van der Waals surface area contributed by atoms with Crippen LogP contribution in [-0.2, 0) is 44.4 Å². The van der Waals surface area contributed by atoms with Crippen LogP contribution in [0.5, 0.6) is 5.75 Å². The van der Waals surface area contributed by atoms with Crippen LogP contribution in [0.15, 0.2) is 18.2 Å². The third-order valence-electron chi connectivity index (χ3n) is 6.16. The lowest BCUT2D eigenvalue weighted by Crippen LogP contribution is -2.44. The number of hydrogen-bond donors (Lipinski definition) is 5. The Morgan fingerprint density at radius 3 is 2.17 bits per heavy atom. The van der Waals surface area contributed by atoms with Gasteiger partial charge >= 0.3 is 23.9 Å². The van der Waals surface area contributed by atoms with Crippen LogP contribution in [-0.4, -0.2) is 75.7 Å². The van der Waals surface area contributed by atoms with Crippen molar-refractivity contribution in [3.8, 4) is 5.75 Å². The minimum atomic E-state index is -2.94. The summed E-state index contributed by atoms with van der Waals surface area (Å²) >= 11 is 0. The number of carboxylic acid groups (broad SMARTS) is 2. The molecule has 1 radical (unpaired) electrons. The van der Waals surface area contributed by atoms with Crippen molar-refractivity contribution in [3.05, 3.63) is 29.3 Å². The van der Waals surface area contributed by atoms with E-state index < -0.39 is 73.8 Å². The van der Waals surface area contributed by atoms with E-state index in [1.54, 1.807) is 6.92 Å². The molecule has 15 heteroatoms. The Morgan fingerprint density at radius 2 is 1.63 bits per heavy atom. The molecule has 0 spiro atoms. The summed E-state index contributed by atoms with van der Waals surface area (Å²) in [5, 5.41) is 46.8. The highest BCUT2D eigenvalue weighted by Gasteiger charge is 2.41. The number of para-hydroxylation sites is 1. The normalized spacial score (nSPS) is 13.1. The molecule has 0 aliphatic carbocycles. The van der Waals surface area contributed by atoms with Crippen molar-refractivity contribution < 1.29 is 63.2 Å². The lowest BCUT2D eigenvalue weighted by atomic mass is 9.69. The summed E-state index contributed by atoms with van der Waals surface area (Å²) < 4.78 is 20.5. The van der Waals surface area contributed by atoms with E-state index in [1.165, 1.54) is 25.1 Å². The Labute approximate surface area is 237 Å². The quantitative estimate of drug-likeness (QED) is 0.0586. The van der Waals surface area contributed by atoms with Crippen LogP contribution < -0.4 is 0 Å². The second-order valence-corrected chi connectivity index (χ2v) is 9.36. The van der Waals surface area contributed by atoms with Crippen molar-refractivity contribution >= 4 is 42.9 Å². The molecule has 0 saturated heterocycles. The Morgan fingerprint density at radius 1 is 1.00 bits per heavy atom. The van der Waals surface area contributed by atoms with Crippen LogP contribution in [0.3, 0.4) is 0 Å². The molecule has 0 amide bonds. The van der Waals surface area contributed by atoms with Crippen LogP contribution >= 0.6 is 0 Å². The van der Waals surface area contributed by atoms with Crippen molar-refractivity contribution in [1.29, 1.82) is 5.41 Å². The minimum Gasteiger partial charge on any atom is -0.692 e. The van der Waals surface area contributed by atoms with Gasteiger partial charge in [-0.3, -0.25) is 19.8 Å². The fraction of sp³-hybridized carbons (Fsp3) is 0.538. The summed E-state index contributed by atoms with van der Waals surface area (Å²) in [6.45, 7) is 6.10. The van der Waals surface area contributed by atoms with Crippen LogP contribution in [0.1, 0.15) is 75.7 Å². The van der Waals surface area contributed by atoms with Gasteiger partial charge in [-0.05, 0) is 30.9 Å². The molecule has 5 N–H and O–H groups in total. The first-order valence-corrected chi connectivity index (χ1v) is 12.9. The van der Waals surface area contributed by atoms with Crippen molar-refractivity contribution in [2.24, 2.45) is 5.92 Å². The molecule has 0 saturated carbocycles. The number of hydrogen-bond acceptors (Lipinski definition) is 12. The van der Waals surface area contributed by atoms with Gasteiger partial charge in [-0.1, -0.05) is 39.8 Å². The Hall–Kier alpha value is -4.14. The van der Waals surface area contributed by atoms with Gasteiger partial charge in [0, 0.05) is 6.42 Å². The van der Waals surface area contributed by atoms with E-state index in [0.29, 0.717) is 12.8 Å². The first kappa shape index (κ1) is 34.9. The van der Waals surface area contributed by atoms with Crippen LogP contribution in [0.4, 0.5) is 0 Å². The zero-order valence-corrected chi connectivity index (χ0v) is 23.4. The van der Waals surface area contributed by atoms with Crippen LogP contribution in [0.2, 0.25) is 5.82 Å². The fourth-order valence-electron chi connectivity index (χ4n) is 3.68. The maximum atomic E-state index is 12.5. The van der Waals surface area contributed by atoms with Crippen molar-refractivity contribution in [3.63, 3.8) is 0 Å². The molecule has 2 atom stereocenters. The summed E-state index contributed by atoms with van der Waals surface area (Å²) in [5.41, 5.74) is -2.98. The molecule has 1 aromatic carbocycles. The molecule has 1 rings (SSSR count). The monoisotopic (exact) mass is 581 g/mol. The second kappa shape index (κ2) is 16.2. The van der Waals surface area contributed by atoms with Gasteiger partial charge in [0.15, 0.2) is 5.60 Å². The summed E-state index contributed by atoms with van der Waals surface area (Å²) in [7, 11) is -1.50. The van der Waals surface area contributed by atoms with E-state index in [4.69, 9.17) is 29.3 Å². The second-order valence-electron chi connectivity index (χ2n) is 9.36. The van der Waals surface area contributed by atoms with Gasteiger partial charge in [-0.25, -0.2) is 9.59 Å². The van der Waals surface area contributed by atoms with Gasteiger partial charge in [0.1, 0.15) is 17.2 Å². The molecule has 0 aliphatic rings. The molecular weight excluding hydrogens is 545 g/mol. The van der Waals surface area contributed by atoms with E-state index in [2.05, 4.69) is 0 Å². The van der Waals surface area contributed by atoms with E-state index in [-0.39, 0.29) is 35.8 Å². The van der Waals surface area contributed by atoms with Gasteiger partial charge in [-0.15, -0.1) is 5.82 Å². The predicted molar refractivity (Wildman–Crippen MR) is 142 cm³/mol. The standard InChI is InChI=1S/C26H36BNO13/c1-5-16(6-2)23(33)38-14-39-24(34)18-10-8-9-17(22(18)32)11-15(4)27(40-19(28)7-3)41-21(31)13-26(37,25(35)36)12-20(29)30/h8-10,15-16,28,32,37H,5-7,11-14H2,1-4H3,(H,29,30)(H,35,36)/q-1/t15-,26?/m0/s1. The highest BCUT2D eigenvalue weighted by Crippen LogP contribution is 2.29. The predicted octanol–water partition coefficient (Wildman–Crippen LogP) is 2.53. The van der Waals surface area contributed by atoms with E-state index in [0.717, 1.165) is 0 Å². The molecule has 0 heterocycles. The largest absolute Gasteiger partial charge is 0.692 e. The number of phenols is 1. The topological polar surface area (TPSA) is 227 Å².